The molecule has 3 aromatic rings. The summed E-state index contributed by atoms with van der Waals surface area (Å²) in [6.07, 6.45) is 4.05. The van der Waals surface area contributed by atoms with Gasteiger partial charge in [-0.05, 0) is 40.0 Å². The zero-order valence-electron chi connectivity index (χ0n) is 15.9. The molecule has 1 fully saturated rings. The largest absolute Gasteiger partial charge is 0.366 e. The monoisotopic (exact) mass is 534 g/mol. The average Bonchev–Trinajstić information content (AvgIpc) is 3.18. The summed E-state index contributed by atoms with van der Waals surface area (Å²) in [4.78, 5) is 21.2. The van der Waals surface area contributed by atoms with Gasteiger partial charge >= 0.3 is 0 Å². The van der Waals surface area contributed by atoms with E-state index in [0.717, 1.165) is 39.8 Å². The van der Waals surface area contributed by atoms with Gasteiger partial charge in [0.1, 0.15) is 0 Å². The van der Waals surface area contributed by atoms with E-state index >= 15 is 0 Å². The van der Waals surface area contributed by atoms with E-state index in [1.165, 1.54) is 0 Å². The number of benzene rings is 1. The number of nitrogens with one attached hydrogen (secondary N) is 1. The molecule has 0 unspecified atom stereocenters. The molecular formula is C19H22BrCl3N6O. The van der Waals surface area contributed by atoms with E-state index in [1.54, 1.807) is 12.4 Å². The average molecular weight is 537 g/mol. The summed E-state index contributed by atoms with van der Waals surface area (Å²) in [6, 6.07) is 6.89. The SMILES string of the molecule is Cl.Cl.N[C@H](Cc1ccc(Cl)cc1)C(=O)N1CCN(c2c(Br)cnc3[nH]ncc23)CC1. The molecule has 0 aliphatic carbocycles. The molecule has 1 atom stereocenters. The number of piperazine rings is 1. The minimum atomic E-state index is -0.555. The highest BCUT2D eigenvalue weighted by Gasteiger charge is 2.27. The van der Waals surface area contributed by atoms with Gasteiger partial charge in [0.25, 0.3) is 0 Å². The number of halogens is 4. The van der Waals surface area contributed by atoms with Crippen LogP contribution in [0, 0.1) is 0 Å². The summed E-state index contributed by atoms with van der Waals surface area (Å²) in [7, 11) is 0. The standard InChI is InChI=1S/C19H20BrClN6O.2ClH/c20-15-11-23-18-14(10-24-25-18)17(15)26-5-7-27(8-6-26)19(28)16(22)9-12-1-3-13(21)4-2-12;;/h1-4,10-11,16H,5-9,22H2,(H,23,24,25);2*1H/t16-;;/m1../s1. The van der Waals surface area contributed by atoms with Crippen molar-refractivity contribution < 1.29 is 4.79 Å². The molecule has 1 aliphatic heterocycles. The van der Waals surface area contributed by atoms with Crippen LogP contribution in [0.2, 0.25) is 5.02 Å². The van der Waals surface area contributed by atoms with Gasteiger partial charge in [0.15, 0.2) is 5.65 Å². The molecule has 30 heavy (non-hydrogen) atoms. The lowest BCUT2D eigenvalue weighted by Gasteiger charge is -2.37. The zero-order valence-corrected chi connectivity index (χ0v) is 19.9. The van der Waals surface area contributed by atoms with Crippen molar-refractivity contribution in [1.82, 2.24) is 20.1 Å². The molecule has 0 radical (unpaired) electrons. The van der Waals surface area contributed by atoms with Gasteiger partial charge in [-0.1, -0.05) is 23.7 Å². The molecule has 11 heteroatoms. The molecule has 0 saturated carbocycles. The second-order valence-electron chi connectivity index (χ2n) is 6.84. The molecule has 4 rings (SSSR count). The molecule has 3 heterocycles. The lowest BCUT2D eigenvalue weighted by Crippen LogP contribution is -2.53. The predicted molar refractivity (Wildman–Crippen MR) is 128 cm³/mol. The minimum absolute atomic E-state index is 0. The maximum Gasteiger partial charge on any atom is 0.239 e. The molecular weight excluding hydrogens is 515 g/mol. The van der Waals surface area contributed by atoms with Crippen molar-refractivity contribution >= 4 is 75.0 Å². The van der Waals surface area contributed by atoms with Gasteiger partial charge in [-0.2, -0.15) is 5.10 Å². The molecule has 7 nitrogen and oxygen atoms in total. The number of carbonyl (C=O) groups excluding carboxylic acids is 1. The Bertz CT molecular complexity index is 992. The number of anilines is 1. The van der Waals surface area contributed by atoms with Gasteiger partial charge in [0.05, 0.1) is 27.8 Å². The van der Waals surface area contributed by atoms with Crippen molar-refractivity contribution in [3.05, 3.63) is 51.7 Å². The summed E-state index contributed by atoms with van der Waals surface area (Å²) < 4.78 is 0.917. The van der Waals surface area contributed by atoms with Crippen molar-refractivity contribution in [3.63, 3.8) is 0 Å². The van der Waals surface area contributed by atoms with Crippen LogP contribution >= 0.6 is 52.3 Å². The number of rotatable bonds is 4. The Morgan fingerprint density at radius 3 is 2.50 bits per heavy atom. The van der Waals surface area contributed by atoms with Gasteiger partial charge in [0.2, 0.25) is 5.91 Å². The number of H-pyrrole nitrogens is 1. The normalized spacial score (nSPS) is 14.8. The maximum atomic E-state index is 12.8. The molecule has 1 saturated heterocycles. The Morgan fingerprint density at radius 1 is 1.17 bits per heavy atom. The Morgan fingerprint density at radius 2 is 1.83 bits per heavy atom. The molecule has 162 valence electrons. The number of aromatic nitrogens is 3. The third kappa shape index (κ3) is 5.18. The number of aromatic amines is 1. The summed E-state index contributed by atoms with van der Waals surface area (Å²) in [5.41, 5.74) is 8.99. The van der Waals surface area contributed by atoms with Crippen molar-refractivity contribution in [2.75, 3.05) is 31.1 Å². The molecule has 1 amide bonds. The van der Waals surface area contributed by atoms with Crippen LogP contribution in [0.4, 0.5) is 5.69 Å². The summed E-state index contributed by atoms with van der Waals surface area (Å²) in [5, 5.41) is 8.62. The van der Waals surface area contributed by atoms with Crippen LogP contribution < -0.4 is 10.6 Å². The van der Waals surface area contributed by atoms with Crippen LogP contribution in [0.1, 0.15) is 5.56 Å². The first kappa shape index (κ1) is 24.7. The molecule has 0 bridgehead atoms. The number of amides is 1. The van der Waals surface area contributed by atoms with Crippen molar-refractivity contribution in [1.29, 1.82) is 0 Å². The van der Waals surface area contributed by atoms with Crippen molar-refractivity contribution in [2.24, 2.45) is 5.73 Å². The van der Waals surface area contributed by atoms with Gasteiger partial charge in [-0.25, -0.2) is 4.98 Å². The fourth-order valence-electron chi connectivity index (χ4n) is 3.53. The number of carbonyl (C=O) groups is 1. The van der Waals surface area contributed by atoms with Crippen LogP contribution in [0.3, 0.4) is 0 Å². The van der Waals surface area contributed by atoms with E-state index in [0.29, 0.717) is 24.5 Å². The fourth-order valence-corrected chi connectivity index (χ4v) is 4.22. The van der Waals surface area contributed by atoms with Crippen LogP contribution in [0.25, 0.3) is 11.0 Å². The predicted octanol–water partition coefficient (Wildman–Crippen LogP) is 3.44. The van der Waals surface area contributed by atoms with Crippen LogP contribution in [-0.2, 0) is 11.2 Å². The van der Waals surface area contributed by atoms with E-state index in [1.807, 2.05) is 29.2 Å². The maximum absolute atomic E-state index is 12.8. The Labute approximate surface area is 200 Å². The van der Waals surface area contributed by atoms with Crippen molar-refractivity contribution in [2.45, 2.75) is 12.5 Å². The highest BCUT2D eigenvalue weighted by molar-refractivity contribution is 9.10. The van der Waals surface area contributed by atoms with Crippen molar-refractivity contribution in [3.8, 4) is 0 Å². The summed E-state index contributed by atoms with van der Waals surface area (Å²) in [5.74, 6) is -0.0168. The first-order valence-corrected chi connectivity index (χ1v) is 10.2. The molecule has 1 aliphatic rings. The van der Waals surface area contributed by atoms with Gasteiger partial charge in [-0.15, -0.1) is 24.8 Å². The highest BCUT2D eigenvalue weighted by atomic mass is 79.9. The Balaban J connectivity index is 0.00000160. The van der Waals surface area contributed by atoms with Gasteiger partial charge < -0.3 is 15.5 Å². The first-order chi connectivity index (χ1) is 13.5. The van der Waals surface area contributed by atoms with E-state index in [4.69, 9.17) is 17.3 Å². The third-order valence-electron chi connectivity index (χ3n) is 5.00. The molecule has 2 aromatic heterocycles. The van der Waals surface area contributed by atoms with Crippen LogP contribution in [0.5, 0.6) is 0 Å². The lowest BCUT2D eigenvalue weighted by molar-refractivity contribution is -0.132. The van der Waals surface area contributed by atoms with E-state index in [2.05, 4.69) is 36.0 Å². The molecule has 3 N–H and O–H groups in total. The lowest BCUT2D eigenvalue weighted by atomic mass is 10.1. The number of hydrogen-bond acceptors (Lipinski definition) is 5. The number of nitrogens with zero attached hydrogens (tertiary/aromatic N) is 4. The smallest absolute Gasteiger partial charge is 0.239 e. The number of fused-ring (bicyclic) bond motifs is 1. The van der Waals surface area contributed by atoms with E-state index in [-0.39, 0.29) is 30.7 Å². The summed E-state index contributed by atoms with van der Waals surface area (Å²) in [6.45, 7) is 2.70. The first-order valence-electron chi connectivity index (χ1n) is 9.04. The number of pyridine rings is 1. The third-order valence-corrected chi connectivity index (χ3v) is 5.83. The minimum Gasteiger partial charge on any atom is -0.366 e. The number of hydrogen-bond donors (Lipinski definition) is 2. The van der Waals surface area contributed by atoms with Crippen LogP contribution in [-0.4, -0.2) is 58.2 Å². The Hall–Kier alpha value is -1.58. The molecule has 0 spiro atoms. The highest BCUT2D eigenvalue weighted by Crippen LogP contribution is 2.33. The fraction of sp³-hybridized carbons (Fsp3) is 0.316. The van der Waals surface area contributed by atoms with Gasteiger partial charge in [0, 0.05) is 37.4 Å². The summed E-state index contributed by atoms with van der Waals surface area (Å²) >= 11 is 9.50. The second kappa shape index (κ2) is 10.6. The van der Waals surface area contributed by atoms with E-state index < -0.39 is 6.04 Å². The second-order valence-corrected chi connectivity index (χ2v) is 8.13. The van der Waals surface area contributed by atoms with Crippen LogP contribution in [0.15, 0.2) is 41.1 Å². The van der Waals surface area contributed by atoms with Gasteiger partial charge in [-0.3, -0.25) is 9.89 Å². The topological polar surface area (TPSA) is 91.1 Å². The quantitative estimate of drug-likeness (QED) is 0.533. The Kier molecular flexibility index (Phi) is 8.75. The molecule has 1 aromatic carbocycles. The number of nitrogens with two attached hydrogens (primary N) is 1. The van der Waals surface area contributed by atoms with E-state index in [9.17, 15) is 4.79 Å². The zero-order chi connectivity index (χ0) is 19.7.